The molecule has 0 atom stereocenters. The van der Waals surface area contributed by atoms with Crippen LogP contribution in [0, 0.1) is 11.3 Å². The van der Waals surface area contributed by atoms with Crippen molar-refractivity contribution in [3.8, 4) is 5.75 Å². The molecule has 5 nitrogen and oxygen atoms in total. The van der Waals surface area contributed by atoms with Crippen molar-refractivity contribution in [1.29, 1.82) is 0 Å². The van der Waals surface area contributed by atoms with E-state index in [1.165, 1.54) is 0 Å². The highest BCUT2D eigenvalue weighted by molar-refractivity contribution is 5.84. The zero-order chi connectivity index (χ0) is 17.2. The normalized spacial score (nSPS) is 19.7. The molecule has 130 valence electrons. The smallest absolute Gasteiger partial charge is 0.226 e. The van der Waals surface area contributed by atoms with Crippen molar-refractivity contribution >= 4 is 11.8 Å². The van der Waals surface area contributed by atoms with Gasteiger partial charge in [0.05, 0.1) is 7.11 Å². The quantitative estimate of drug-likeness (QED) is 0.901. The Morgan fingerprint density at radius 2 is 1.83 bits per heavy atom. The molecule has 2 amide bonds. The minimum Gasteiger partial charge on any atom is -0.497 e. The van der Waals surface area contributed by atoms with E-state index in [9.17, 15) is 9.59 Å². The average molecular weight is 330 g/mol. The van der Waals surface area contributed by atoms with Crippen molar-refractivity contribution in [3.63, 3.8) is 0 Å². The minimum atomic E-state index is -0.382. The number of piperidine rings is 1. The summed E-state index contributed by atoms with van der Waals surface area (Å²) in [5.41, 5.74) is 0.668. The highest BCUT2D eigenvalue weighted by atomic mass is 16.5. The Balaban J connectivity index is 1.49. The number of hydrogen-bond donors (Lipinski definition) is 1. The molecule has 0 bridgehead atoms. The third kappa shape index (κ3) is 3.71. The maximum absolute atomic E-state index is 12.6. The van der Waals surface area contributed by atoms with Gasteiger partial charge in [-0.15, -0.1) is 0 Å². The summed E-state index contributed by atoms with van der Waals surface area (Å²) < 4.78 is 5.14. The molecule has 24 heavy (non-hydrogen) atoms. The molecule has 1 heterocycles. The van der Waals surface area contributed by atoms with Gasteiger partial charge in [0.25, 0.3) is 0 Å². The number of rotatable bonds is 5. The van der Waals surface area contributed by atoms with Crippen molar-refractivity contribution < 1.29 is 14.3 Å². The second kappa shape index (κ2) is 6.83. The van der Waals surface area contributed by atoms with Gasteiger partial charge < -0.3 is 15.0 Å². The molecule has 1 aromatic rings. The van der Waals surface area contributed by atoms with E-state index in [4.69, 9.17) is 4.74 Å². The predicted octanol–water partition coefficient (Wildman–Crippen LogP) is 2.35. The summed E-state index contributed by atoms with van der Waals surface area (Å²) in [5.74, 6) is 1.44. The lowest BCUT2D eigenvalue weighted by Gasteiger charge is -2.38. The van der Waals surface area contributed by atoms with E-state index in [-0.39, 0.29) is 23.1 Å². The number of nitrogens with zero attached hydrogens (tertiary/aromatic N) is 1. The largest absolute Gasteiger partial charge is 0.497 e. The number of likely N-dealkylation sites (tertiary alicyclic amines) is 1. The van der Waals surface area contributed by atoms with E-state index >= 15 is 0 Å². The Bertz CT molecular complexity index is 600. The van der Waals surface area contributed by atoms with Crippen LogP contribution in [0.15, 0.2) is 24.3 Å². The Kier molecular flexibility index (Phi) is 4.78. The molecular weight excluding hydrogens is 304 g/mol. The summed E-state index contributed by atoms with van der Waals surface area (Å²) in [6.45, 7) is 3.92. The van der Waals surface area contributed by atoms with E-state index in [0.29, 0.717) is 19.6 Å². The molecular formula is C19H26N2O3. The van der Waals surface area contributed by atoms with Gasteiger partial charge in [-0.05, 0) is 43.4 Å². The van der Waals surface area contributed by atoms with Crippen LogP contribution in [0.3, 0.4) is 0 Å². The number of amides is 2. The molecule has 2 aliphatic rings. The molecule has 0 spiro atoms. The van der Waals surface area contributed by atoms with Gasteiger partial charge >= 0.3 is 0 Å². The molecule has 2 fully saturated rings. The van der Waals surface area contributed by atoms with Crippen molar-refractivity contribution in [1.82, 2.24) is 10.2 Å². The van der Waals surface area contributed by atoms with Gasteiger partial charge in [-0.25, -0.2) is 0 Å². The Hall–Kier alpha value is -2.04. The SMILES string of the molecule is COc1ccc(CNC(=O)C2(C)CCN(C(=O)C3CC3)CC2)cc1. The maximum atomic E-state index is 12.6. The summed E-state index contributed by atoms with van der Waals surface area (Å²) in [6, 6.07) is 7.70. The zero-order valence-corrected chi connectivity index (χ0v) is 14.5. The van der Waals surface area contributed by atoms with Crippen LogP contribution in [-0.2, 0) is 16.1 Å². The number of carbonyl (C=O) groups is 2. The Morgan fingerprint density at radius 3 is 2.38 bits per heavy atom. The number of hydrogen-bond acceptors (Lipinski definition) is 3. The summed E-state index contributed by atoms with van der Waals surface area (Å²) in [6.07, 6.45) is 3.55. The first-order valence-corrected chi connectivity index (χ1v) is 8.72. The fourth-order valence-corrected chi connectivity index (χ4v) is 3.18. The second-order valence-corrected chi connectivity index (χ2v) is 7.19. The third-order valence-electron chi connectivity index (χ3n) is 5.27. The van der Waals surface area contributed by atoms with Gasteiger partial charge in [-0.2, -0.15) is 0 Å². The zero-order valence-electron chi connectivity index (χ0n) is 14.5. The van der Waals surface area contributed by atoms with Crippen LogP contribution in [-0.4, -0.2) is 36.9 Å². The highest BCUT2D eigenvalue weighted by Gasteiger charge is 2.40. The monoisotopic (exact) mass is 330 g/mol. The molecule has 1 N–H and O–H groups in total. The van der Waals surface area contributed by atoms with Crippen molar-refractivity contribution in [2.45, 2.75) is 39.2 Å². The van der Waals surface area contributed by atoms with Gasteiger partial charge in [0.15, 0.2) is 0 Å². The fraction of sp³-hybridized carbons (Fsp3) is 0.579. The molecule has 1 aliphatic heterocycles. The Labute approximate surface area is 143 Å². The molecule has 0 aromatic heterocycles. The predicted molar refractivity (Wildman–Crippen MR) is 91.5 cm³/mol. The van der Waals surface area contributed by atoms with Crippen molar-refractivity contribution in [3.05, 3.63) is 29.8 Å². The van der Waals surface area contributed by atoms with Crippen LogP contribution >= 0.6 is 0 Å². The van der Waals surface area contributed by atoms with Crippen LogP contribution in [0.5, 0.6) is 5.75 Å². The first kappa shape index (κ1) is 16.8. The number of benzene rings is 1. The number of ether oxygens (including phenoxy) is 1. The second-order valence-electron chi connectivity index (χ2n) is 7.19. The first-order chi connectivity index (χ1) is 11.5. The lowest BCUT2D eigenvalue weighted by Crippen LogP contribution is -2.49. The van der Waals surface area contributed by atoms with Gasteiger partial charge in [0.2, 0.25) is 11.8 Å². The van der Waals surface area contributed by atoms with Gasteiger partial charge in [-0.3, -0.25) is 9.59 Å². The van der Waals surface area contributed by atoms with E-state index in [2.05, 4.69) is 5.32 Å². The van der Waals surface area contributed by atoms with Gasteiger partial charge in [-0.1, -0.05) is 19.1 Å². The van der Waals surface area contributed by atoms with Crippen molar-refractivity contribution in [2.75, 3.05) is 20.2 Å². The van der Waals surface area contributed by atoms with Gasteiger partial charge in [0.1, 0.15) is 5.75 Å². The standard InChI is InChI=1S/C19H26N2O3/c1-19(9-11-21(12-10-19)17(22)15-5-6-15)18(23)20-13-14-3-7-16(24-2)8-4-14/h3-4,7-8,15H,5-6,9-13H2,1-2H3,(H,20,23). The van der Waals surface area contributed by atoms with Gasteiger partial charge in [0, 0.05) is 31.0 Å². The number of nitrogens with one attached hydrogen (secondary N) is 1. The van der Waals surface area contributed by atoms with E-state index in [0.717, 1.165) is 37.0 Å². The van der Waals surface area contributed by atoms with E-state index < -0.39 is 0 Å². The summed E-state index contributed by atoms with van der Waals surface area (Å²) in [4.78, 5) is 26.7. The molecule has 1 aliphatic carbocycles. The van der Waals surface area contributed by atoms with Crippen LogP contribution in [0.4, 0.5) is 0 Å². The van der Waals surface area contributed by atoms with Crippen molar-refractivity contribution in [2.24, 2.45) is 11.3 Å². The molecule has 3 rings (SSSR count). The number of carbonyl (C=O) groups excluding carboxylic acids is 2. The molecule has 1 saturated heterocycles. The molecule has 1 aromatic carbocycles. The lowest BCUT2D eigenvalue weighted by molar-refractivity contribution is -0.140. The van der Waals surface area contributed by atoms with Crippen LogP contribution in [0.1, 0.15) is 38.2 Å². The third-order valence-corrected chi connectivity index (χ3v) is 5.27. The first-order valence-electron chi connectivity index (χ1n) is 8.72. The molecule has 0 radical (unpaired) electrons. The minimum absolute atomic E-state index is 0.0804. The van der Waals surface area contributed by atoms with Crippen LogP contribution in [0.25, 0.3) is 0 Å². The molecule has 5 heteroatoms. The molecule has 0 unspecified atom stereocenters. The van der Waals surface area contributed by atoms with Crippen LogP contribution in [0.2, 0.25) is 0 Å². The maximum Gasteiger partial charge on any atom is 0.226 e. The molecule has 1 saturated carbocycles. The fourth-order valence-electron chi connectivity index (χ4n) is 3.18. The highest BCUT2D eigenvalue weighted by Crippen LogP contribution is 2.36. The summed E-state index contributed by atoms with van der Waals surface area (Å²) in [7, 11) is 1.64. The number of methoxy groups -OCH3 is 1. The summed E-state index contributed by atoms with van der Waals surface area (Å²) in [5, 5.41) is 3.04. The topological polar surface area (TPSA) is 58.6 Å². The van der Waals surface area contributed by atoms with E-state index in [1.54, 1.807) is 7.11 Å². The van der Waals surface area contributed by atoms with Crippen LogP contribution < -0.4 is 10.1 Å². The average Bonchev–Trinajstić information content (AvgIpc) is 3.45. The summed E-state index contributed by atoms with van der Waals surface area (Å²) >= 11 is 0. The Morgan fingerprint density at radius 1 is 1.21 bits per heavy atom. The lowest BCUT2D eigenvalue weighted by atomic mass is 9.79. The van der Waals surface area contributed by atoms with E-state index in [1.807, 2.05) is 36.1 Å².